The highest BCUT2D eigenvalue weighted by atomic mass is 16.5. The van der Waals surface area contributed by atoms with Gasteiger partial charge < -0.3 is 9.84 Å². The van der Waals surface area contributed by atoms with Crippen LogP contribution in [0.1, 0.15) is 35.7 Å². The van der Waals surface area contributed by atoms with Gasteiger partial charge in [0, 0.05) is 25.3 Å². The van der Waals surface area contributed by atoms with Gasteiger partial charge in [0.1, 0.15) is 0 Å². The van der Waals surface area contributed by atoms with Crippen LogP contribution < -0.4 is 0 Å². The highest BCUT2D eigenvalue weighted by Crippen LogP contribution is 2.09. The first kappa shape index (κ1) is 14.9. The second-order valence-electron chi connectivity index (χ2n) is 4.10. The molecular weight excluding hydrogens is 248 g/mol. The summed E-state index contributed by atoms with van der Waals surface area (Å²) in [6, 6.07) is 6.87. The Labute approximate surface area is 111 Å². The summed E-state index contributed by atoms with van der Waals surface area (Å²) in [7, 11) is 0. The zero-order chi connectivity index (χ0) is 14.3. The zero-order valence-electron chi connectivity index (χ0n) is 10.7. The topological polar surface area (TPSA) is 80.7 Å². The average molecular weight is 264 g/mol. The fraction of sp³-hybridized carbons (Fsp3) is 0.357. The predicted octanol–water partition coefficient (Wildman–Crippen LogP) is 1.84. The van der Waals surface area contributed by atoms with Gasteiger partial charge in [-0.15, -0.1) is 0 Å². The van der Waals surface area contributed by atoms with Gasteiger partial charge >= 0.3 is 11.9 Å². The Morgan fingerprint density at radius 1 is 1.11 bits per heavy atom. The minimum atomic E-state index is -0.980. The number of carboxylic acid groups (broad SMARTS) is 1. The van der Waals surface area contributed by atoms with E-state index in [0.717, 1.165) is 5.56 Å². The maximum atomic E-state index is 11.6. The van der Waals surface area contributed by atoms with Gasteiger partial charge in [-0.1, -0.05) is 24.3 Å². The maximum absolute atomic E-state index is 11.6. The highest BCUT2D eigenvalue weighted by molar-refractivity contribution is 5.97. The summed E-state index contributed by atoms with van der Waals surface area (Å²) in [6.07, 6.45) is 0.429. The molecule has 0 amide bonds. The van der Waals surface area contributed by atoms with Gasteiger partial charge in [-0.25, -0.2) is 0 Å². The van der Waals surface area contributed by atoms with E-state index in [4.69, 9.17) is 9.84 Å². The first-order valence-electron chi connectivity index (χ1n) is 5.96. The third-order valence-electron chi connectivity index (χ3n) is 2.54. The van der Waals surface area contributed by atoms with Crippen LogP contribution in [0, 0.1) is 0 Å². The number of hydrogen-bond donors (Lipinski definition) is 1. The summed E-state index contributed by atoms with van der Waals surface area (Å²) in [5.74, 6) is -1.49. The molecule has 5 nitrogen and oxygen atoms in total. The lowest BCUT2D eigenvalue weighted by Crippen LogP contribution is -2.05. The second-order valence-corrected chi connectivity index (χ2v) is 4.10. The van der Waals surface area contributed by atoms with Crippen molar-refractivity contribution in [1.29, 1.82) is 0 Å². The molecule has 1 N–H and O–H groups in total. The van der Waals surface area contributed by atoms with Crippen molar-refractivity contribution >= 4 is 17.7 Å². The molecule has 0 fully saturated rings. The number of carbonyl (C=O) groups is 3. The lowest BCUT2D eigenvalue weighted by atomic mass is 10.0. The van der Waals surface area contributed by atoms with Crippen molar-refractivity contribution in [2.45, 2.75) is 26.2 Å². The minimum Gasteiger partial charge on any atom is -0.481 e. The molecule has 0 aliphatic rings. The average Bonchev–Trinajstić information content (AvgIpc) is 2.36. The lowest BCUT2D eigenvalue weighted by molar-refractivity contribution is -0.141. The van der Waals surface area contributed by atoms with Gasteiger partial charge in [-0.3, -0.25) is 14.4 Å². The van der Waals surface area contributed by atoms with E-state index in [2.05, 4.69) is 0 Å². The Morgan fingerprint density at radius 2 is 1.74 bits per heavy atom. The van der Waals surface area contributed by atoms with Crippen LogP contribution in [0.5, 0.6) is 0 Å². The zero-order valence-corrected chi connectivity index (χ0v) is 10.7. The van der Waals surface area contributed by atoms with E-state index in [0.29, 0.717) is 18.6 Å². The summed E-state index contributed by atoms with van der Waals surface area (Å²) in [4.78, 5) is 32.6. The van der Waals surface area contributed by atoms with Crippen molar-refractivity contribution in [3.8, 4) is 0 Å². The van der Waals surface area contributed by atoms with Crippen molar-refractivity contribution in [3.05, 3.63) is 35.4 Å². The summed E-state index contributed by atoms with van der Waals surface area (Å²) < 4.78 is 4.82. The molecule has 0 radical (unpaired) electrons. The third-order valence-corrected chi connectivity index (χ3v) is 2.54. The molecule has 0 heterocycles. The van der Waals surface area contributed by atoms with Crippen LogP contribution in [0.4, 0.5) is 0 Å². The Hall–Kier alpha value is -2.17. The van der Waals surface area contributed by atoms with Gasteiger partial charge in [0.15, 0.2) is 5.78 Å². The number of Topliss-reactive ketones (excluding diaryl/α,β-unsaturated/α-hetero) is 1. The lowest BCUT2D eigenvalue weighted by Gasteiger charge is -2.04. The first-order chi connectivity index (χ1) is 8.99. The number of aliphatic carboxylic acids is 1. The van der Waals surface area contributed by atoms with E-state index in [-0.39, 0.29) is 24.6 Å². The third kappa shape index (κ3) is 5.81. The monoisotopic (exact) mass is 264 g/mol. The number of benzene rings is 1. The first-order valence-corrected chi connectivity index (χ1v) is 5.96. The highest BCUT2D eigenvalue weighted by Gasteiger charge is 2.08. The summed E-state index contributed by atoms with van der Waals surface area (Å²) in [5, 5.41) is 8.50. The summed E-state index contributed by atoms with van der Waals surface area (Å²) >= 11 is 0. The molecule has 0 spiro atoms. The van der Waals surface area contributed by atoms with Crippen LogP contribution in [-0.4, -0.2) is 29.4 Å². The molecule has 5 heteroatoms. The minimum absolute atomic E-state index is 0.00211. The van der Waals surface area contributed by atoms with Crippen molar-refractivity contribution < 1.29 is 24.2 Å². The number of carboxylic acids is 1. The van der Waals surface area contributed by atoms with Crippen molar-refractivity contribution in [3.63, 3.8) is 0 Å². The molecule has 0 unspecified atom stereocenters. The van der Waals surface area contributed by atoms with Crippen molar-refractivity contribution in [2.75, 3.05) is 6.61 Å². The van der Waals surface area contributed by atoms with Crippen LogP contribution in [0.3, 0.4) is 0 Å². The molecule has 0 saturated carbocycles. The molecule has 0 saturated heterocycles. The van der Waals surface area contributed by atoms with Gasteiger partial charge in [-0.2, -0.15) is 0 Å². The number of esters is 1. The Morgan fingerprint density at radius 3 is 2.26 bits per heavy atom. The van der Waals surface area contributed by atoms with Crippen molar-refractivity contribution in [2.24, 2.45) is 0 Å². The number of hydrogen-bond acceptors (Lipinski definition) is 4. The van der Waals surface area contributed by atoms with Crippen molar-refractivity contribution in [1.82, 2.24) is 0 Å². The molecule has 19 heavy (non-hydrogen) atoms. The molecule has 0 aromatic heterocycles. The van der Waals surface area contributed by atoms with E-state index >= 15 is 0 Å². The Balaban J connectivity index is 2.48. The summed E-state index contributed by atoms with van der Waals surface area (Å²) in [5.41, 5.74) is 1.45. The van der Waals surface area contributed by atoms with Crippen LogP contribution in [0.2, 0.25) is 0 Å². The number of ketones is 1. The number of ether oxygens (including phenoxy) is 1. The molecule has 0 aliphatic heterocycles. The molecule has 0 aliphatic carbocycles. The predicted molar refractivity (Wildman–Crippen MR) is 68.0 cm³/mol. The van der Waals surface area contributed by atoms with E-state index in [9.17, 15) is 14.4 Å². The molecule has 1 rings (SSSR count). The van der Waals surface area contributed by atoms with E-state index in [1.165, 1.54) is 6.92 Å². The van der Waals surface area contributed by atoms with Gasteiger partial charge in [0.2, 0.25) is 0 Å². The molecular formula is C14H16O5. The SMILES string of the molecule is CC(=O)OCCc1ccc(C(=O)CCC(=O)O)cc1. The molecule has 0 atom stereocenters. The smallest absolute Gasteiger partial charge is 0.303 e. The Bertz CT molecular complexity index is 461. The van der Waals surface area contributed by atoms with E-state index < -0.39 is 5.97 Å². The quantitative estimate of drug-likeness (QED) is 0.600. The fourth-order valence-electron chi connectivity index (χ4n) is 1.53. The van der Waals surface area contributed by atoms with Gasteiger partial charge in [0.25, 0.3) is 0 Å². The van der Waals surface area contributed by atoms with Crippen LogP contribution in [0.15, 0.2) is 24.3 Å². The number of carbonyl (C=O) groups excluding carboxylic acids is 2. The Kier molecular flexibility index (Phi) is 5.73. The number of rotatable bonds is 7. The fourth-order valence-corrected chi connectivity index (χ4v) is 1.53. The van der Waals surface area contributed by atoms with Crippen LogP contribution in [0.25, 0.3) is 0 Å². The van der Waals surface area contributed by atoms with Gasteiger partial charge in [0.05, 0.1) is 13.0 Å². The van der Waals surface area contributed by atoms with E-state index in [1.54, 1.807) is 24.3 Å². The van der Waals surface area contributed by atoms with Gasteiger partial charge in [-0.05, 0) is 5.56 Å². The normalized spacial score (nSPS) is 9.95. The summed E-state index contributed by atoms with van der Waals surface area (Å²) in [6.45, 7) is 1.66. The molecule has 1 aromatic rings. The maximum Gasteiger partial charge on any atom is 0.303 e. The molecule has 0 bridgehead atoms. The van der Waals surface area contributed by atoms with E-state index in [1.807, 2.05) is 0 Å². The molecule has 102 valence electrons. The second kappa shape index (κ2) is 7.31. The standard InChI is InChI=1S/C14H16O5/c1-10(15)19-9-8-11-2-4-12(5-3-11)13(16)6-7-14(17)18/h2-5H,6-9H2,1H3,(H,17,18). The van der Waals surface area contributed by atoms with Crippen LogP contribution >= 0.6 is 0 Å². The largest absolute Gasteiger partial charge is 0.481 e. The van der Waals surface area contributed by atoms with Crippen LogP contribution in [-0.2, 0) is 20.7 Å². The molecule has 1 aromatic carbocycles.